The Kier molecular flexibility index (Phi) is 5.33. The maximum atomic E-state index is 13.4. The second kappa shape index (κ2) is 8.22. The molecular formula is C23H21FN4O. The summed E-state index contributed by atoms with van der Waals surface area (Å²) in [6.07, 6.45) is 4.33. The number of pyridine rings is 1. The van der Waals surface area contributed by atoms with Crippen molar-refractivity contribution in [3.8, 4) is 28.3 Å². The van der Waals surface area contributed by atoms with Crippen LogP contribution in [0.3, 0.4) is 0 Å². The molecule has 0 aliphatic carbocycles. The Labute approximate surface area is 168 Å². The van der Waals surface area contributed by atoms with E-state index in [0.717, 1.165) is 34.0 Å². The van der Waals surface area contributed by atoms with Crippen molar-refractivity contribution in [2.45, 2.75) is 13.3 Å². The van der Waals surface area contributed by atoms with Crippen LogP contribution < -0.4 is 10.1 Å². The van der Waals surface area contributed by atoms with Gasteiger partial charge in [-0.3, -0.25) is 4.98 Å². The van der Waals surface area contributed by atoms with E-state index in [4.69, 9.17) is 9.72 Å². The standard InChI is InChI=1S/C23H21FN4O/c1-3-11-29-20-13-17(15-6-8-18(24)9-7-15)12-19-21(20)27-22(28-23(19)25-2)16-5-4-10-26-14-16/h4-10,12-14H,3,11H2,1-2H3,(H,25,27,28). The summed E-state index contributed by atoms with van der Waals surface area (Å²) in [6, 6.07) is 14.1. The summed E-state index contributed by atoms with van der Waals surface area (Å²) in [5, 5.41) is 4.00. The van der Waals surface area contributed by atoms with Crippen molar-refractivity contribution >= 4 is 16.7 Å². The average Bonchev–Trinajstić information content (AvgIpc) is 2.77. The lowest BCUT2D eigenvalue weighted by Gasteiger charge is -2.14. The van der Waals surface area contributed by atoms with Gasteiger partial charge in [0.1, 0.15) is 22.9 Å². The zero-order valence-electron chi connectivity index (χ0n) is 16.3. The van der Waals surface area contributed by atoms with Crippen molar-refractivity contribution < 1.29 is 9.13 Å². The molecule has 5 nitrogen and oxygen atoms in total. The predicted molar refractivity (Wildman–Crippen MR) is 113 cm³/mol. The molecule has 2 heterocycles. The first-order chi connectivity index (χ1) is 14.2. The van der Waals surface area contributed by atoms with Crippen LogP contribution in [0.4, 0.5) is 10.2 Å². The van der Waals surface area contributed by atoms with Gasteiger partial charge in [0.2, 0.25) is 0 Å². The molecule has 4 aromatic rings. The van der Waals surface area contributed by atoms with Crippen molar-refractivity contribution in [1.29, 1.82) is 0 Å². The van der Waals surface area contributed by atoms with E-state index in [0.29, 0.717) is 24.0 Å². The Balaban J connectivity index is 1.95. The van der Waals surface area contributed by atoms with Crippen LogP contribution >= 0.6 is 0 Å². The number of nitrogens with one attached hydrogen (secondary N) is 1. The summed E-state index contributed by atoms with van der Waals surface area (Å²) >= 11 is 0. The lowest BCUT2D eigenvalue weighted by molar-refractivity contribution is 0.320. The van der Waals surface area contributed by atoms with Gasteiger partial charge < -0.3 is 10.1 Å². The van der Waals surface area contributed by atoms with E-state index in [2.05, 4.69) is 22.2 Å². The van der Waals surface area contributed by atoms with Crippen molar-refractivity contribution in [3.05, 3.63) is 66.7 Å². The molecule has 0 aliphatic heterocycles. The van der Waals surface area contributed by atoms with Gasteiger partial charge in [-0.2, -0.15) is 0 Å². The number of aromatic nitrogens is 3. The van der Waals surface area contributed by atoms with Crippen LogP contribution in [0.15, 0.2) is 60.9 Å². The largest absolute Gasteiger partial charge is 0.491 e. The van der Waals surface area contributed by atoms with Gasteiger partial charge in [0.05, 0.1) is 6.61 Å². The molecule has 2 aromatic carbocycles. The van der Waals surface area contributed by atoms with E-state index in [-0.39, 0.29) is 5.82 Å². The first kappa shape index (κ1) is 18.8. The molecule has 0 spiro atoms. The van der Waals surface area contributed by atoms with Gasteiger partial charge in [0, 0.05) is 30.4 Å². The Hall–Kier alpha value is -3.54. The highest BCUT2D eigenvalue weighted by molar-refractivity contribution is 5.97. The lowest BCUT2D eigenvalue weighted by atomic mass is 10.0. The zero-order valence-corrected chi connectivity index (χ0v) is 16.3. The summed E-state index contributed by atoms with van der Waals surface area (Å²) in [6.45, 7) is 2.63. The van der Waals surface area contributed by atoms with Crippen LogP contribution in [0.5, 0.6) is 5.75 Å². The molecule has 0 fully saturated rings. The molecule has 29 heavy (non-hydrogen) atoms. The molecule has 0 aliphatic rings. The van der Waals surface area contributed by atoms with E-state index in [1.807, 2.05) is 31.3 Å². The molecular weight excluding hydrogens is 367 g/mol. The van der Waals surface area contributed by atoms with Crippen molar-refractivity contribution in [3.63, 3.8) is 0 Å². The molecule has 0 bridgehead atoms. The summed E-state index contributed by atoms with van der Waals surface area (Å²) in [4.78, 5) is 13.6. The Morgan fingerprint density at radius 1 is 1.00 bits per heavy atom. The summed E-state index contributed by atoms with van der Waals surface area (Å²) in [5.41, 5.74) is 3.36. The summed E-state index contributed by atoms with van der Waals surface area (Å²) in [5.74, 6) is 1.68. The maximum Gasteiger partial charge on any atom is 0.163 e. The highest BCUT2D eigenvalue weighted by Gasteiger charge is 2.15. The second-order valence-electron chi connectivity index (χ2n) is 6.61. The van der Waals surface area contributed by atoms with Crippen LogP contribution in [-0.2, 0) is 0 Å². The normalized spacial score (nSPS) is 10.9. The summed E-state index contributed by atoms with van der Waals surface area (Å²) < 4.78 is 19.4. The first-order valence-corrected chi connectivity index (χ1v) is 9.52. The maximum absolute atomic E-state index is 13.4. The van der Waals surface area contributed by atoms with Gasteiger partial charge in [-0.25, -0.2) is 14.4 Å². The van der Waals surface area contributed by atoms with Gasteiger partial charge in [-0.1, -0.05) is 19.1 Å². The third-order valence-corrected chi connectivity index (χ3v) is 4.56. The van der Waals surface area contributed by atoms with E-state index in [9.17, 15) is 4.39 Å². The SMILES string of the molecule is CCCOc1cc(-c2ccc(F)cc2)cc2c(NC)nc(-c3cccnc3)nc12. The Morgan fingerprint density at radius 3 is 2.52 bits per heavy atom. The van der Waals surface area contributed by atoms with Gasteiger partial charge >= 0.3 is 0 Å². The lowest BCUT2D eigenvalue weighted by Crippen LogP contribution is -2.02. The molecule has 0 atom stereocenters. The van der Waals surface area contributed by atoms with E-state index < -0.39 is 0 Å². The van der Waals surface area contributed by atoms with E-state index >= 15 is 0 Å². The molecule has 0 radical (unpaired) electrons. The highest BCUT2D eigenvalue weighted by Crippen LogP contribution is 2.36. The number of nitrogens with zero attached hydrogens (tertiary/aromatic N) is 3. The van der Waals surface area contributed by atoms with Crippen LogP contribution in [-0.4, -0.2) is 28.6 Å². The molecule has 6 heteroatoms. The molecule has 146 valence electrons. The molecule has 1 N–H and O–H groups in total. The van der Waals surface area contributed by atoms with Gasteiger partial charge in [0.15, 0.2) is 5.82 Å². The third kappa shape index (κ3) is 3.87. The van der Waals surface area contributed by atoms with E-state index in [1.54, 1.807) is 24.5 Å². The smallest absolute Gasteiger partial charge is 0.163 e. The van der Waals surface area contributed by atoms with Crippen LogP contribution in [0.1, 0.15) is 13.3 Å². The van der Waals surface area contributed by atoms with Crippen molar-refractivity contribution in [2.75, 3.05) is 19.0 Å². The van der Waals surface area contributed by atoms with Gasteiger partial charge in [-0.15, -0.1) is 0 Å². The number of hydrogen-bond acceptors (Lipinski definition) is 5. The number of fused-ring (bicyclic) bond motifs is 1. The number of ether oxygens (including phenoxy) is 1. The minimum Gasteiger partial charge on any atom is -0.491 e. The summed E-state index contributed by atoms with van der Waals surface area (Å²) in [7, 11) is 1.83. The molecule has 0 saturated heterocycles. The van der Waals surface area contributed by atoms with E-state index in [1.165, 1.54) is 12.1 Å². The first-order valence-electron chi connectivity index (χ1n) is 9.52. The minimum atomic E-state index is -0.266. The van der Waals surface area contributed by atoms with Gasteiger partial charge in [0.25, 0.3) is 0 Å². The molecule has 2 aromatic heterocycles. The Bertz CT molecular complexity index is 1130. The Morgan fingerprint density at radius 2 is 1.83 bits per heavy atom. The fourth-order valence-electron chi connectivity index (χ4n) is 3.15. The number of anilines is 1. The van der Waals surface area contributed by atoms with Gasteiger partial charge in [-0.05, 0) is 53.9 Å². The monoisotopic (exact) mass is 388 g/mol. The topological polar surface area (TPSA) is 59.9 Å². The average molecular weight is 388 g/mol. The van der Waals surface area contributed by atoms with Crippen LogP contribution in [0.25, 0.3) is 33.4 Å². The third-order valence-electron chi connectivity index (χ3n) is 4.56. The molecule has 0 saturated carbocycles. The highest BCUT2D eigenvalue weighted by atomic mass is 19.1. The van der Waals surface area contributed by atoms with Crippen molar-refractivity contribution in [2.24, 2.45) is 0 Å². The molecule has 0 amide bonds. The second-order valence-corrected chi connectivity index (χ2v) is 6.61. The number of rotatable bonds is 6. The number of halogens is 1. The fraction of sp³-hybridized carbons (Fsp3) is 0.174. The van der Waals surface area contributed by atoms with Crippen LogP contribution in [0, 0.1) is 5.82 Å². The number of benzene rings is 2. The van der Waals surface area contributed by atoms with Crippen molar-refractivity contribution in [1.82, 2.24) is 15.0 Å². The van der Waals surface area contributed by atoms with Crippen LogP contribution in [0.2, 0.25) is 0 Å². The fourth-order valence-corrected chi connectivity index (χ4v) is 3.15. The molecule has 0 unspecified atom stereocenters. The predicted octanol–water partition coefficient (Wildman–Crippen LogP) is 5.33. The number of hydrogen-bond donors (Lipinski definition) is 1. The molecule has 4 rings (SSSR count). The minimum absolute atomic E-state index is 0.266. The quantitative estimate of drug-likeness (QED) is 0.484. The zero-order chi connectivity index (χ0) is 20.2.